The summed E-state index contributed by atoms with van der Waals surface area (Å²) in [7, 11) is -2.11. The summed E-state index contributed by atoms with van der Waals surface area (Å²) in [6.45, 7) is 2.72. The maximum atomic E-state index is 11.9. The third-order valence-corrected chi connectivity index (χ3v) is 3.87. The Kier molecular flexibility index (Phi) is 6.62. The molecule has 0 radical (unpaired) electrons. The van der Waals surface area contributed by atoms with Crippen molar-refractivity contribution in [3.05, 3.63) is 12.0 Å². The van der Waals surface area contributed by atoms with Gasteiger partial charge in [0.1, 0.15) is 5.82 Å². The van der Waals surface area contributed by atoms with E-state index >= 15 is 0 Å². The van der Waals surface area contributed by atoms with Crippen molar-refractivity contribution in [3.8, 4) is 0 Å². The highest BCUT2D eigenvalue weighted by atomic mass is 32.2. The molecule has 0 bridgehead atoms. The number of aromatic amines is 1. The van der Waals surface area contributed by atoms with Gasteiger partial charge in [-0.2, -0.15) is 0 Å². The lowest BCUT2D eigenvalue weighted by molar-refractivity contribution is -0.121. The average Bonchev–Trinajstić information content (AvgIpc) is 2.88. The van der Waals surface area contributed by atoms with Crippen molar-refractivity contribution in [1.82, 2.24) is 20.0 Å². The molecule has 1 heterocycles. The van der Waals surface area contributed by atoms with Gasteiger partial charge in [0.25, 0.3) is 10.0 Å². The summed E-state index contributed by atoms with van der Waals surface area (Å²) in [5.41, 5.74) is 0. The molecule has 0 saturated carbocycles. The Balaban J connectivity index is 2.38. The highest BCUT2D eigenvalue weighted by molar-refractivity contribution is 7.89. The lowest BCUT2D eigenvalue weighted by Crippen LogP contribution is -2.32. The van der Waals surface area contributed by atoms with Crippen molar-refractivity contribution >= 4 is 15.9 Å². The van der Waals surface area contributed by atoms with Crippen LogP contribution in [0.4, 0.5) is 0 Å². The molecule has 0 fully saturated rings. The second-order valence-corrected chi connectivity index (χ2v) is 5.77. The number of sulfonamides is 1. The molecule has 9 heteroatoms. The fraction of sp³-hybridized carbons (Fsp3) is 0.636. The fourth-order valence-corrected chi connectivity index (χ4v) is 2.39. The van der Waals surface area contributed by atoms with Gasteiger partial charge in [-0.25, -0.2) is 18.1 Å². The van der Waals surface area contributed by atoms with Crippen LogP contribution in [0.25, 0.3) is 0 Å². The predicted octanol–water partition coefficient (Wildman–Crippen LogP) is -0.597. The zero-order valence-electron chi connectivity index (χ0n) is 11.6. The molecule has 1 amide bonds. The molecule has 0 saturated heterocycles. The summed E-state index contributed by atoms with van der Waals surface area (Å²) in [5, 5.41) is 2.61. The van der Waals surface area contributed by atoms with Gasteiger partial charge >= 0.3 is 0 Å². The Labute approximate surface area is 118 Å². The number of ether oxygens (including phenoxy) is 1. The molecule has 0 spiro atoms. The van der Waals surface area contributed by atoms with Crippen LogP contribution < -0.4 is 10.0 Å². The number of hydrogen-bond donors (Lipinski definition) is 3. The second-order valence-electron chi connectivity index (χ2n) is 4.04. The molecule has 0 atom stereocenters. The minimum atomic E-state index is -3.64. The van der Waals surface area contributed by atoms with Crippen molar-refractivity contribution in [3.63, 3.8) is 0 Å². The first kappa shape index (κ1) is 16.6. The van der Waals surface area contributed by atoms with Crippen LogP contribution in [0.1, 0.15) is 19.2 Å². The lowest BCUT2D eigenvalue weighted by atomic mass is 10.4. The van der Waals surface area contributed by atoms with Gasteiger partial charge in [0.05, 0.1) is 12.8 Å². The van der Waals surface area contributed by atoms with Gasteiger partial charge in [0.2, 0.25) is 5.91 Å². The van der Waals surface area contributed by atoms with Crippen molar-refractivity contribution in [2.75, 3.05) is 26.8 Å². The molecule has 0 aliphatic rings. The van der Waals surface area contributed by atoms with Crippen molar-refractivity contribution in [2.24, 2.45) is 0 Å². The molecule has 0 unspecified atom stereocenters. The molecular weight excluding hydrogens is 284 g/mol. The van der Waals surface area contributed by atoms with E-state index in [2.05, 4.69) is 20.0 Å². The monoisotopic (exact) mass is 304 g/mol. The maximum absolute atomic E-state index is 11.9. The average molecular weight is 304 g/mol. The summed E-state index contributed by atoms with van der Waals surface area (Å²) < 4.78 is 30.9. The number of amides is 1. The summed E-state index contributed by atoms with van der Waals surface area (Å²) in [6.07, 6.45) is 1.95. The molecule has 1 rings (SSSR count). The molecule has 114 valence electrons. The van der Waals surface area contributed by atoms with Gasteiger partial charge in [-0.1, -0.05) is 6.92 Å². The smallest absolute Gasteiger partial charge is 0.257 e. The highest BCUT2D eigenvalue weighted by Gasteiger charge is 2.16. The highest BCUT2D eigenvalue weighted by Crippen LogP contribution is 2.05. The Morgan fingerprint density at radius 2 is 2.20 bits per heavy atom. The molecule has 0 aliphatic heterocycles. The van der Waals surface area contributed by atoms with E-state index in [4.69, 9.17) is 4.74 Å². The molecule has 8 nitrogen and oxygen atoms in total. The lowest BCUT2D eigenvalue weighted by Gasteiger charge is -2.06. The number of nitrogens with zero attached hydrogens (tertiary/aromatic N) is 1. The molecule has 0 aromatic carbocycles. The number of carbonyl (C=O) groups is 1. The van der Waals surface area contributed by atoms with E-state index in [-0.39, 0.29) is 23.9 Å². The number of H-pyrrole nitrogens is 1. The van der Waals surface area contributed by atoms with Crippen LogP contribution in [0.15, 0.2) is 11.2 Å². The van der Waals surface area contributed by atoms with E-state index in [1.165, 1.54) is 13.3 Å². The number of hydrogen-bond acceptors (Lipinski definition) is 5. The van der Waals surface area contributed by atoms with Crippen LogP contribution in [-0.4, -0.2) is 51.1 Å². The SMILES string of the molecule is CCc1ncc(S(=O)(=O)NCCC(=O)NCCOC)[nH]1. The topological polar surface area (TPSA) is 113 Å². The zero-order valence-corrected chi connectivity index (χ0v) is 12.4. The Hall–Kier alpha value is -1.45. The van der Waals surface area contributed by atoms with Gasteiger partial charge in [-0.3, -0.25) is 4.79 Å². The zero-order chi connectivity index (χ0) is 15.0. The Morgan fingerprint density at radius 3 is 2.80 bits per heavy atom. The third kappa shape index (κ3) is 5.27. The summed E-state index contributed by atoms with van der Waals surface area (Å²) in [6, 6.07) is 0. The summed E-state index contributed by atoms with van der Waals surface area (Å²) >= 11 is 0. The number of aromatic nitrogens is 2. The first-order valence-electron chi connectivity index (χ1n) is 6.28. The van der Waals surface area contributed by atoms with E-state index in [1.807, 2.05) is 6.92 Å². The van der Waals surface area contributed by atoms with E-state index < -0.39 is 10.0 Å². The Bertz CT molecular complexity index is 526. The van der Waals surface area contributed by atoms with Crippen LogP contribution in [0.3, 0.4) is 0 Å². The standard InChI is InChI=1S/C11H20N4O4S/c1-3-9-13-8-11(15-9)20(17,18)14-5-4-10(16)12-6-7-19-2/h8,14H,3-7H2,1-2H3,(H,12,16)(H,13,15). The van der Waals surface area contributed by atoms with E-state index in [9.17, 15) is 13.2 Å². The van der Waals surface area contributed by atoms with E-state index in [0.717, 1.165) is 0 Å². The largest absolute Gasteiger partial charge is 0.383 e. The molecule has 1 aromatic heterocycles. The number of imidazole rings is 1. The van der Waals surface area contributed by atoms with Gasteiger partial charge < -0.3 is 15.0 Å². The normalized spacial score (nSPS) is 11.5. The molecule has 3 N–H and O–H groups in total. The molecule has 1 aromatic rings. The van der Waals surface area contributed by atoms with Crippen LogP contribution in [0.5, 0.6) is 0 Å². The van der Waals surface area contributed by atoms with E-state index in [1.54, 1.807) is 0 Å². The number of rotatable bonds is 9. The minimum absolute atomic E-state index is 0.00846. The van der Waals surface area contributed by atoms with Gasteiger partial charge in [-0.15, -0.1) is 0 Å². The van der Waals surface area contributed by atoms with Crippen molar-refractivity contribution < 1.29 is 17.9 Å². The summed E-state index contributed by atoms with van der Waals surface area (Å²) in [4.78, 5) is 18.0. The van der Waals surface area contributed by atoms with Crippen molar-refractivity contribution in [2.45, 2.75) is 24.8 Å². The van der Waals surface area contributed by atoms with Crippen LogP contribution in [-0.2, 0) is 26.0 Å². The van der Waals surface area contributed by atoms with Gasteiger partial charge in [0.15, 0.2) is 5.03 Å². The maximum Gasteiger partial charge on any atom is 0.257 e. The van der Waals surface area contributed by atoms with Gasteiger partial charge in [0, 0.05) is 33.0 Å². The van der Waals surface area contributed by atoms with Crippen LogP contribution in [0.2, 0.25) is 0 Å². The predicted molar refractivity (Wildman–Crippen MR) is 72.7 cm³/mol. The van der Waals surface area contributed by atoms with Crippen LogP contribution in [0, 0.1) is 0 Å². The second kappa shape index (κ2) is 7.98. The Morgan fingerprint density at radius 1 is 1.45 bits per heavy atom. The molecule has 0 aliphatic carbocycles. The first-order valence-corrected chi connectivity index (χ1v) is 7.77. The molecular formula is C11H20N4O4S. The first-order chi connectivity index (χ1) is 9.49. The van der Waals surface area contributed by atoms with Gasteiger partial charge in [-0.05, 0) is 0 Å². The fourth-order valence-electron chi connectivity index (χ4n) is 1.42. The van der Waals surface area contributed by atoms with E-state index in [0.29, 0.717) is 25.4 Å². The quantitative estimate of drug-likeness (QED) is 0.527. The number of aryl methyl sites for hydroxylation is 1. The summed E-state index contributed by atoms with van der Waals surface area (Å²) in [5.74, 6) is 0.367. The minimum Gasteiger partial charge on any atom is -0.383 e. The van der Waals surface area contributed by atoms with Crippen molar-refractivity contribution in [1.29, 1.82) is 0 Å². The van der Waals surface area contributed by atoms with Crippen LogP contribution >= 0.6 is 0 Å². The number of carbonyl (C=O) groups excluding carboxylic acids is 1. The third-order valence-electron chi connectivity index (χ3n) is 2.50. The number of nitrogens with one attached hydrogen (secondary N) is 3. The molecule has 20 heavy (non-hydrogen) atoms. The number of methoxy groups -OCH3 is 1.